The molecule has 0 spiro atoms. The molecule has 0 saturated carbocycles. The van der Waals surface area contributed by atoms with Crippen LogP contribution in [0.5, 0.6) is 0 Å². The number of aryl methyl sites for hydroxylation is 1. The van der Waals surface area contributed by atoms with Crippen LogP contribution in [0.25, 0.3) is 0 Å². The van der Waals surface area contributed by atoms with Crippen molar-refractivity contribution in [1.29, 1.82) is 0 Å². The lowest BCUT2D eigenvalue weighted by molar-refractivity contribution is 0.0730. The second kappa shape index (κ2) is 5.88. The first-order chi connectivity index (χ1) is 8.96. The second-order valence-corrected chi connectivity index (χ2v) is 7.10. The molecule has 19 heavy (non-hydrogen) atoms. The molecule has 1 saturated heterocycles. The van der Waals surface area contributed by atoms with Crippen LogP contribution >= 0.6 is 15.9 Å². The Morgan fingerprint density at radius 1 is 1.37 bits per heavy atom. The van der Waals surface area contributed by atoms with Crippen LogP contribution in [0.2, 0.25) is 0 Å². The van der Waals surface area contributed by atoms with Gasteiger partial charge < -0.3 is 9.84 Å². The lowest BCUT2D eigenvalue weighted by atomic mass is 10.1. The van der Waals surface area contributed by atoms with Gasteiger partial charge in [0.2, 0.25) is 10.0 Å². The van der Waals surface area contributed by atoms with Crippen LogP contribution in [0.4, 0.5) is 0 Å². The van der Waals surface area contributed by atoms with Crippen LogP contribution < -0.4 is 0 Å². The Hall–Kier alpha value is -0.470. The predicted octanol–water partition coefficient (Wildman–Crippen LogP) is 1.27. The first kappa shape index (κ1) is 14.9. The maximum absolute atomic E-state index is 12.6. The van der Waals surface area contributed by atoms with Gasteiger partial charge in [0.1, 0.15) is 0 Å². The van der Waals surface area contributed by atoms with Gasteiger partial charge in [0.25, 0.3) is 0 Å². The van der Waals surface area contributed by atoms with Crippen molar-refractivity contribution >= 4 is 26.0 Å². The molecule has 1 aromatic carbocycles. The van der Waals surface area contributed by atoms with Gasteiger partial charge in [0.15, 0.2) is 0 Å². The van der Waals surface area contributed by atoms with E-state index < -0.39 is 10.0 Å². The molecule has 1 heterocycles. The molecular weight excluding hydrogens is 334 g/mol. The molecule has 5 nitrogen and oxygen atoms in total. The van der Waals surface area contributed by atoms with Crippen molar-refractivity contribution in [2.24, 2.45) is 0 Å². The fourth-order valence-electron chi connectivity index (χ4n) is 2.01. The number of rotatable bonds is 3. The molecule has 0 aliphatic carbocycles. The van der Waals surface area contributed by atoms with Crippen LogP contribution in [-0.2, 0) is 21.4 Å². The summed E-state index contributed by atoms with van der Waals surface area (Å²) in [4.78, 5) is 0.207. The third-order valence-electron chi connectivity index (χ3n) is 3.05. The van der Waals surface area contributed by atoms with Crippen LogP contribution in [0.3, 0.4) is 0 Å². The summed E-state index contributed by atoms with van der Waals surface area (Å²) in [5.74, 6) is 0. The Morgan fingerprint density at radius 3 is 2.58 bits per heavy atom. The summed E-state index contributed by atoms with van der Waals surface area (Å²) in [6.07, 6.45) is 0. The minimum atomic E-state index is -3.55. The monoisotopic (exact) mass is 349 g/mol. The van der Waals surface area contributed by atoms with E-state index in [1.54, 1.807) is 6.07 Å². The molecule has 1 aliphatic heterocycles. The zero-order valence-electron chi connectivity index (χ0n) is 10.6. The first-order valence-corrected chi connectivity index (χ1v) is 8.18. The highest BCUT2D eigenvalue weighted by atomic mass is 79.9. The van der Waals surface area contributed by atoms with E-state index in [-0.39, 0.29) is 11.5 Å². The van der Waals surface area contributed by atoms with Crippen molar-refractivity contribution in [3.8, 4) is 0 Å². The number of morpholine rings is 1. The number of halogens is 1. The molecule has 7 heteroatoms. The Labute approximate surface area is 121 Å². The molecule has 1 fully saturated rings. The molecule has 2 rings (SSSR count). The van der Waals surface area contributed by atoms with Gasteiger partial charge in [-0.25, -0.2) is 8.42 Å². The topological polar surface area (TPSA) is 66.8 Å². The van der Waals surface area contributed by atoms with Gasteiger partial charge >= 0.3 is 0 Å². The van der Waals surface area contributed by atoms with Gasteiger partial charge in [0.05, 0.1) is 24.7 Å². The lowest BCUT2D eigenvalue weighted by Gasteiger charge is -2.27. The summed E-state index contributed by atoms with van der Waals surface area (Å²) in [7, 11) is -3.55. The summed E-state index contributed by atoms with van der Waals surface area (Å²) in [5.41, 5.74) is 1.38. The molecule has 0 amide bonds. The minimum Gasteiger partial charge on any atom is -0.392 e. The number of sulfonamides is 1. The fourth-order valence-corrected chi connectivity index (χ4v) is 4.45. The summed E-state index contributed by atoms with van der Waals surface area (Å²) in [6.45, 7) is 3.17. The number of hydrogen-bond acceptors (Lipinski definition) is 4. The Morgan fingerprint density at radius 2 is 2.00 bits per heavy atom. The van der Waals surface area contributed by atoms with E-state index in [4.69, 9.17) is 4.74 Å². The van der Waals surface area contributed by atoms with Gasteiger partial charge in [-0.3, -0.25) is 0 Å². The number of ether oxygens (including phenoxy) is 1. The van der Waals surface area contributed by atoms with Crippen LogP contribution in [0, 0.1) is 6.92 Å². The Kier molecular flexibility index (Phi) is 4.62. The molecule has 1 aromatic rings. The minimum absolute atomic E-state index is 0.181. The highest BCUT2D eigenvalue weighted by Crippen LogP contribution is 2.30. The predicted molar refractivity (Wildman–Crippen MR) is 74.4 cm³/mol. The summed E-state index contributed by atoms with van der Waals surface area (Å²) in [5, 5.41) is 9.21. The fraction of sp³-hybridized carbons (Fsp3) is 0.500. The molecule has 0 bridgehead atoms. The van der Waals surface area contributed by atoms with Crippen molar-refractivity contribution in [3.05, 3.63) is 27.7 Å². The molecule has 1 aliphatic rings. The normalized spacial score (nSPS) is 17.6. The van der Waals surface area contributed by atoms with Crippen molar-refractivity contribution < 1.29 is 18.3 Å². The molecule has 0 aromatic heterocycles. The van der Waals surface area contributed by atoms with Crippen LogP contribution in [-0.4, -0.2) is 44.1 Å². The number of aliphatic hydroxyl groups is 1. The summed E-state index contributed by atoms with van der Waals surface area (Å²) in [6, 6.07) is 3.28. The average molecular weight is 350 g/mol. The molecule has 1 N–H and O–H groups in total. The van der Waals surface area contributed by atoms with E-state index in [9.17, 15) is 13.5 Å². The number of hydrogen-bond donors (Lipinski definition) is 1. The molecule has 106 valence electrons. The SMILES string of the molecule is Cc1cc(CO)cc(S(=O)(=O)N2CCOCC2)c1Br. The highest BCUT2D eigenvalue weighted by molar-refractivity contribution is 9.10. The first-order valence-electron chi connectivity index (χ1n) is 5.94. The van der Waals surface area contributed by atoms with Gasteiger partial charge in [0, 0.05) is 17.6 Å². The maximum atomic E-state index is 12.6. The van der Waals surface area contributed by atoms with Crippen molar-refractivity contribution in [2.45, 2.75) is 18.4 Å². The van der Waals surface area contributed by atoms with Crippen molar-refractivity contribution in [1.82, 2.24) is 4.31 Å². The van der Waals surface area contributed by atoms with Gasteiger partial charge in [-0.2, -0.15) is 4.31 Å². The van der Waals surface area contributed by atoms with Gasteiger partial charge in [-0.15, -0.1) is 0 Å². The summed E-state index contributed by atoms with van der Waals surface area (Å²) >= 11 is 3.33. The average Bonchev–Trinajstić information content (AvgIpc) is 2.42. The molecule has 0 unspecified atom stereocenters. The standard InChI is InChI=1S/C12H16BrNO4S/c1-9-6-10(8-15)7-11(12(9)13)19(16,17)14-2-4-18-5-3-14/h6-7,15H,2-5,8H2,1H3. The van der Waals surface area contributed by atoms with E-state index >= 15 is 0 Å². The zero-order chi connectivity index (χ0) is 14.0. The van der Waals surface area contributed by atoms with E-state index in [0.29, 0.717) is 36.3 Å². The van der Waals surface area contributed by atoms with E-state index in [1.165, 1.54) is 10.4 Å². The van der Waals surface area contributed by atoms with Gasteiger partial charge in [-0.05, 0) is 40.0 Å². The quantitative estimate of drug-likeness (QED) is 0.892. The second-order valence-electron chi connectivity index (χ2n) is 4.40. The maximum Gasteiger partial charge on any atom is 0.244 e. The van der Waals surface area contributed by atoms with E-state index in [1.807, 2.05) is 6.92 Å². The molecule has 0 radical (unpaired) electrons. The smallest absolute Gasteiger partial charge is 0.244 e. The van der Waals surface area contributed by atoms with Crippen LogP contribution in [0.15, 0.2) is 21.5 Å². The van der Waals surface area contributed by atoms with E-state index in [2.05, 4.69) is 15.9 Å². The number of benzene rings is 1. The van der Waals surface area contributed by atoms with Crippen molar-refractivity contribution in [2.75, 3.05) is 26.3 Å². The number of aliphatic hydroxyl groups excluding tert-OH is 1. The largest absolute Gasteiger partial charge is 0.392 e. The molecule has 0 atom stereocenters. The Bertz CT molecular complexity index is 567. The summed E-state index contributed by atoms with van der Waals surface area (Å²) < 4.78 is 32.3. The number of nitrogens with zero attached hydrogens (tertiary/aromatic N) is 1. The van der Waals surface area contributed by atoms with Crippen LogP contribution in [0.1, 0.15) is 11.1 Å². The Balaban J connectivity index is 2.47. The van der Waals surface area contributed by atoms with Gasteiger partial charge in [-0.1, -0.05) is 6.07 Å². The lowest BCUT2D eigenvalue weighted by Crippen LogP contribution is -2.40. The molecular formula is C12H16BrNO4S. The van der Waals surface area contributed by atoms with Crippen molar-refractivity contribution in [3.63, 3.8) is 0 Å². The third-order valence-corrected chi connectivity index (χ3v) is 6.29. The highest BCUT2D eigenvalue weighted by Gasteiger charge is 2.29. The zero-order valence-corrected chi connectivity index (χ0v) is 13.0. The van der Waals surface area contributed by atoms with E-state index in [0.717, 1.165) is 5.56 Å². The third kappa shape index (κ3) is 3.00.